The third kappa shape index (κ3) is 5.46. The summed E-state index contributed by atoms with van der Waals surface area (Å²) in [6.07, 6.45) is 4.09. The lowest BCUT2D eigenvalue weighted by Gasteiger charge is -2.30. The second-order valence-corrected chi connectivity index (χ2v) is 8.31. The number of aromatic nitrogens is 2. The molecular weight excluding hydrogens is 405 g/mol. The molecule has 1 fully saturated rings. The lowest BCUT2D eigenvalue weighted by molar-refractivity contribution is 0.350. The fourth-order valence-electron chi connectivity index (χ4n) is 4.16. The number of hydrogen-bond donors (Lipinski definition) is 2. The van der Waals surface area contributed by atoms with Gasteiger partial charge in [-0.3, -0.25) is 0 Å². The molecule has 0 amide bonds. The summed E-state index contributed by atoms with van der Waals surface area (Å²) < 4.78 is 19.2. The highest BCUT2D eigenvalue weighted by Gasteiger charge is 2.22. The van der Waals surface area contributed by atoms with Crippen molar-refractivity contribution in [2.24, 2.45) is 0 Å². The average Bonchev–Trinajstić information content (AvgIpc) is 2.79. The van der Waals surface area contributed by atoms with Crippen molar-refractivity contribution in [1.29, 1.82) is 0 Å². The molecular formula is C25H34FN5O. The second-order valence-electron chi connectivity index (χ2n) is 8.31. The number of benzene rings is 2. The van der Waals surface area contributed by atoms with Crippen LogP contribution in [-0.2, 0) is 6.54 Å². The number of para-hydroxylation sites is 1. The summed E-state index contributed by atoms with van der Waals surface area (Å²) in [4.78, 5) is 11.5. The van der Waals surface area contributed by atoms with E-state index in [0.717, 1.165) is 42.4 Å². The van der Waals surface area contributed by atoms with E-state index in [1.54, 1.807) is 19.2 Å². The number of fused-ring (bicyclic) bond motifs is 1. The normalized spacial score (nSPS) is 18.1. The number of ether oxygens (including phenoxy) is 1. The van der Waals surface area contributed by atoms with Gasteiger partial charge in [0.05, 0.1) is 12.6 Å². The molecule has 1 aliphatic carbocycles. The van der Waals surface area contributed by atoms with Crippen LogP contribution in [0.5, 0.6) is 5.75 Å². The summed E-state index contributed by atoms with van der Waals surface area (Å²) in [7, 11) is 5.60. The number of anilines is 2. The highest BCUT2D eigenvalue weighted by atomic mass is 19.1. The van der Waals surface area contributed by atoms with E-state index in [0.29, 0.717) is 35.9 Å². The number of halogens is 1. The Hall–Kier alpha value is -2.93. The van der Waals surface area contributed by atoms with Gasteiger partial charge in [0.2, 0.25) is 5.95 Å². The Kier molecular flexibility index (Phi) is 7.85. The van der Waals surface area contributed by atoms with Crippen molar-refractivity contribution in [2.75, 3.05) is 31.4 Å². The number of hydrogen-bond acceptors (Lipinski definition) is 6. The molecule has 1 aliphatic rings. The minimum absolute atomic E-state index is 0. The van der Waals surface area contributed by atoms with Crippen LogP contribution in [0.25, 0.3) is 10.9 Å². The van der Waals surface area contributed by atoms with E-state index in [1.165, 1.54) is 6.07 Å². The fraction of sp³-hybridized carbons (Fsp3) is 0.440. The molecule has 0 unspecified atom stereocenters. The maximum absolute atomic E-state index is 14.0. The minimum Gasteiger partial charge on any atom is -0.497 e. The van der Waals surface area contributed by atoms with Crippen molar-refractivity contribution >= 4 is 22.7 Å². The summed E-state index contributed by atoms with van der Waals surface area (Å²) in [6.45, 7) is 0.506. The zero-order chi connectivity index (χ0) is 21.8. The van der Waals surface area contributed by atoms with Crippen LogP contribution < -0.4 is 20.3 Å². The van der Waals surface area contributed by atoms with Gasteiger partial charge in [0.25, 0.3) is 0 Å². The largest absolute Gasteiger partial charge is 0.497 e. The van der Waals surface area contributed by atoms with Gasteiger partial charge in [0.15, 0.2) is 0 Å². The summed E-state index contributed by atoms with van der Waals surface area (Å²) >= 11 is 0. The summed E-state index contributed by atoms with van der Waals surface area (Å²) in [6, 6.07) is 13.7. The molecule has 4 rings (SSSR count). The average molecular weight is 440 g/mol. The summed E-state index contributed by atoms with van der Waals surface area (Å²) in [5.74, 6) is 2.08. The molecule has 32 heavy (non-hydrogen) atoms. The van der Waals surface area contributed by atoms with E-state index in [2.05, 4.69) is 16.7 Å². The maximum Gasteiger partial charge on any atom is 0.225 e. The Labute approximate surface area is 190 Å². The molecule has 0 bridgehead atoms. The van der Waals surface area contributed by atoms with Gasteiger partial charge in [0.1, 0.15) is 17.4 Å². The van der Waals surface area contributed by atoms with Gasteiger partial charge in [-0.05, 0) is 56.0 Å². The quantitative estimate of drug-likeness (QED) is 0.541. The second kappa shape index (κ2) is 10.6. The van der Waals surface area contributed by atoms with Gasteiger partial charge in [-0.15, -0.1) is 0 Å². The molecule has 0 spiro atoms. The third-order valence-electron chi connectivity index (χ3n) is 5.90. The Morgan fingerprint density at radius 2 is 1.75 bits per heavy atom. The van der Waals surface area contributed by atoms with Crippen LogP contribution in [0.3, 0.4) is 0 Å². The first kappa shape index (κ1) is 23.7. The van der Waals surface area contributed by atoms with Crippen molar-refractivity contribution in [3.63, 3.8) is 0 Å². The predicted molar refractivity (Wildman–Crippen MR) is 130 cm³/mol. The van der Waals surface area contributed by atoms with Crippen molar-refractivity contribution < 1.29 is 9.13 Å². The molecule has 2 N–H and O–H groups in total. The van der Waals surface area contributed by atoms with Gasteiger partial charge in [-0.2, -0.15) is 4.98 Å². The van der Waals surface area contributed by atoms with E-state index in [1.807, 2.05) is 37.2 Å². The van der Waals surface area contributed by atoms with Crippen molar-refractivity contribution in [2.45, 2.75) is 51.7 Å². The molecule has 1 aromatic heterocycles. The zero-order valence-corrected chi connectivity index (χ0v) is 18.4. The van der Waals surface area contributed by atoms with Crippen LogP contribution in [0.1, 0.15) is 38.7 Å². The molecule has 0 saturated heterocycles. The Morgan fingerprint density at radius 3 is 2.47 bits per heavy atom. The van der Waals surface area contributed by atoms with Crippen molar-refractivity contribution in [3.8, 4) is 5.75 Å². The fourth-order valence-corrected chi connectivity index (χ4v) is 4.16. The summed E-state index contributed by atoms with van der Waals surface area (Å²) in [5.41, 5.74) is 1.58. The highest BCUT2D eigenvalue weighted by Crippen LogP contribution is 2.26. The van der Waals surface area contributed by atoms with Crippen LogP contribution in [0.15, 0.2) is 42.5 Å². The molecule has 3 aromatic rings. The Bertz CT molecular complexity index is 1030. The highest BCUT2D eigenvalue weighted by molar-refractivity contribution is 5.90. The number of rotatable bonds is 7. The van der Waals surface area contributed by atoms with Gasteiger partial charge < -0.3 is 20.3 Å². The van der Waals surface area contributed by atoms with E-state index < -0.39 is 0 Å². The molecule has 172 valence electrons. The van der Waals surface area contributed by atoms with Crippen molar-refractivity contribution in [1.82, 2.24) is 15.3 Å². The first-order chi connectivity index (χ1) is 15.0. The Balaban J connectivity index is 0.00000289. The molecule has 0 atom stereocenters. The molecule has 1 heterocycles. The van der Waals surface area contributed by atoms with Crippen LogP contribution >= 0.6 is 0 Å². The van der Waals surface area contributed by atoms with Crippen LogP contribution in [0.2, 0.25) is 0 Å². The van der Waals surface area contributed by atoms with Gasteiger partial charge in [0, 0.05) is 43.7 Å². The molecule has 7 heteroatoms. The lowest BCUT2D eigenvalue weighted by atomic mass is 9.91. The van der Waals surface area contributed by atoms with Gasteiger partial charge in [-0.1, -0.05) is 19.6 Å². The smallest absolute Gasteiger partial charge is 0.225 e. The van der Waals surface area contributed by atoms with Crippen LogP contribution in [0, 0.1) is 5.82 Å². The number of nitrogens with one attached hydrogen (secondary N) is 2. The Morgan fingerprint density at radius 1 is 1.03 bits per heavy atom. The first-order valence-corrected chi connectivity index (χ1v) is 10.8. The SMILES string of the molecule is C.COc1ccc(F)c(CNC2CCC(Nc3nc(N(C)C)c4ccccc4n3)CC2)c1. The van der Waals surface area contributed by atoms with E-state index in [4.69, 9.17) is 14.7 Å². The third-order valence-corrected chi connectivity index (χ3v) is 5.90. The van der Waals surface area contributed by atoms with Crippen LogP contribution in [-0.4, -0.2) is 43.3 Å². The summed E-state index contributed by atoms with van der Waals surface area (Å²) in [5, 5.41) is 8.09. The lowest BCUT2D eigenvalue weighted by Crippen LogP contribution is -2.37. The maximum atomic E-state index is 14.0. The van der Waals surface area contributed by atoms with E-state index in [9.17, 15) is 4.39 Å². The van der Waals surface area contributed by atoms with E-state index in [-0.39, 0.29) is 13.2 Å². The molecule has 0 aliphatic heterocycles. The van der Waals surface area contributed by atoms with Gasteiger partial charge >= 0.3 is 0 Å². The molecule has 0 radical (unpaired) electrons. The number of nitrogens with zero attached hydrogens (tertiary/aromatic N) is 3. The van der Waals surface area contributed by atoms with E-state index >= 15 is 0 Å². The zero-order valence-electron chi connectivity index (χ0n) is 18.4. The van der Waals surface area contributed by atoms with Crippen LogP contribution in [0.4, 0.5) is 16.2 Å². The number of methoxy groups -OCH3 is 1. The standard InChI is InChI=1S/C24H30FN5O.CH4/c1-30(2)23-20-6-4-5-7-22(20)28-24(29-23)27-18-10-8-17(9-11-18)26-15-16-14-19(31-3)12-13-21(16)25;/h4-7,12-14,17-18,26H,8-11,15H2,1-3H3,(H,27,28,29);1H4. The molecule has 6 nitrogen and oxygen atoms in total. The monoisotopic (exact) mass is 439 g/mol. The topological polar surface area (TPSA) is 62.3 Å². The molecule has 1 saturated carbocycles. The molecule has 2 aromatic carbocycles. The first-order valence-electron chi connectivity index (χ1n) is 10.8. The predicted octanol–water partition coefficient (Wildman–Crippen LogP) is 4.99. The van der Waals surface area contributed by atoms with Crippen molar-refractivity contribution in [3.05, 3.63) is 53.8 Å². The van der Waals surface area contributed by atoms with Gasteiger partial charge in [-0.25, -0.2) is 9.37 Å². The minimum atomic E-state index is -0.200.